The molecule has 0 heterocycles. The molecule has 0 atom stereocenters. The van der Waals surface area contributed by atoms with Crippen LogP contribution in [0.15, 0.2) is 121 Å². The van der Waals surface area contributed by atoms with Gasteiger partial charge in [-0.1, -0.05) is 91.4 Å². The van der Waals surface area contributed by atoms with Crippen LogP contribution in [-0.4, -0.2) is 36.3 Å². The van der Waals surface area contributed by atoms with Crippen LogP contribution in [0.3, 0.4) is 0 Å². The van der Waals surface area contributed by atoms with Crippen molar-refractivity contribution in [3.8, 4) is 5.75 Å². The molecule has 48 heavy (non-hydrogen) atoms. The molecule has 2 amide bonds. The Morgan fingerprint density at radius 2 is 1.08 bits per heavy atom. The lowest BCUT2D eigenvalue weighted by Crippen LogP contribution is -2.48. The predicted molar refractivity (Wildman–Crippen MR) is 200 cm³/mol. The van der Waals surface area contributed by atoms with Crippen molar-refractivity contribution in [1.29, 1.82) is 0 Å². The first kappa shape index (κ1) is 39.8. The van der Waals surface area contributed by atoms with Crippen molar-refractivity contribution in [2.75, 3.05) is 13.1 Å². The first-order valence-electron chi connectivity index (χ1n) is 16.8. The molecule has 0 bridgehead atoms. The van der Waals surface area contributed by atoms with Crippen LogP contribution in [0.2, 0.25) is 5.02 Å². The lowest BCUT2D eigenvalue weighted by atomic mass is 10.0. The molecular formula is C41H51ClN2O4. The maximum absolute atomic E-state index is 12.7. The second-order valence-electron chi connectivity index (χ2n) is 11.5. The minimum Gasteiger partial charge on any atom is -0.478 e. The number of hydrogen-bond donors (Lipinski definition) is 2. The zero-order valence-electron chi connectivity index (χ0n) is 28.6. The predicted octanol–water partition coefficient (Wildman–Crippen LogP) is 9.44. The van der Waals surface area contributed by atoms with E-state index >= 15 is 0 Å². The zero-order chi connectivity index (χ0) is 34.9. The SMILES string of the molecule is CC/C=C\C/C=C\C/C=C\C/C=C\C/C=C\C/C=C\CCC(=O)NCCNC(=O)C(C)(C)Oc1ccc(C(=O)c2ccc(Cl)cc2)cc1. The zero-order valence-corrected chi connectivity index (χ0v) is 29.4. The molecule has 0 aliphatic carbocycles. The van der Waals surface area contributed by atoms with Crippen LogP contribution in [0, 0.1) is 0 Å². The fraction of sp³-hybridized carbons (Fsp3) is 0.341. The molecule has 0 spiro atoms. The highest BCUT2D eigenvalue weighted by atomic mass is 35.5. The van der Waals surface area contributed by atoms with E-state index in [2.05, 4.69) is 84.4 Å². The molecule has 0 saturated carbocycles. The van der Waals surface area contributed by atoms with Crippen molar-refractivity contribution >= 4 is 29.2 Å². The summed E-state index contributed by atoms with van der Waals surface area (Å²) in [5.74, 6) is -0.0382. The van der Waals surface area contributed by atoms with Crippen LogP contribution in [0.5, 0.6) is 5.75 Å². The average Bonchev–Trinajstić information content (AvgIpc) is 3.07. The van der Waals surface area contributed by atoms with Crippen molar-refractivity contribution < 1.29 is 19.1 Å². The van der Waals surface area contributed by atoms with Crippen LogP contribution >= 0.6 is 11.6 Å². The van der Waals surface area contributed by atoms with E-state index in [4.69, 9.17) is 16.3 Å². The third-order valence-electron chi connectivity index (χ3n) is 7.01. The van der Waals surface area contributed by atoms with Crippen molar-refractivity contribution in [1.82, 2.24) is 10.6 Å². The molecular weight excluding hydrogens is 620 g/mol. The Morgan fingerprint density at radius 3 is 1.58 bits per heavy atom. The molecule has 6 nitrogen and oxygen atoms in total. The molecule has 2 rings (SSSR count). The molecule has 0 radical (unpaired) electrons. The van der Waals surface area contributed by atoms with Gasteiger partial charge in [0, 0.05) is 35.7 Å². The molecule has 0 aromatic heterocycles. The third-order valence-corrected chi connectivity index (χ3v) is 7.26. The number of carbonyl (C=O) groups excluding carboxylic acids is 3. The minimum atomic E-state index is -1.15. The van der Waals surface area contributed by atoms with Gasteiger partial charge in [0.2, 0.25) is 5.91 Å². The Bertz CT molecular complexity index is 1430. The Morgan fingerprint density at radius 1 is 0.646 bits per heavy atom. The maximum atomic E-state index is 12.7. The number of carbonyl (C=O) groups is 3. The summed E-state index contributed by atoms with van der Waals surface area (Å²) < 4.78 is 5.90. The molecule has 0 unspecified atom stereocenters. The third kappa shape index (κ3) is 17.5. The summed E-state index contributed by atoms with van der Waals surface area (Å²) in [6.07, 6.45) is 32.7. The van der Waals surface area contributed by atoms with Gasteiger partial charge in [0.05, 0.1) is 0 Å². The van der Waals surface area contributed by atoms with Gasteiger partial charge in [0.1, 0.15) is 5.75 Å². The number of hydrogen-bond acceptors (Lipinski definition) is 4. The molecule has 0 aliphatic rings. The average molecular weight is 671 g/mol. The van der Waals surface area contributed by atoms with E-state index in [0.717, 1.165) is 38.5 Å². The Kier molecular flexibility index (Phi) is 19.7. The summed E-state index contributed by atoms with van der Waals surface area (Å²) in [5.41, 5.74) is -0.112. The normalized spacial score (nSPS) is 12.3. The van der Waals surface area contributed by atoms with Gasteiger partial charge in [-0.3, -0.25) is 14.4 Å². The minimum absolute atomic E-state index is 0.0625. The summed E-state index contributed by atoms with van der Waals surface area (Å²) >= 11 is 5.91. The van der Waals surface area contributed by atoms with Gasteiger partial charge in [0.15, 0.2) is 11.4 Å². The highest BCUT2D eigenvalue weighted by Gasteiger charge is 2.29. The van der Waals surface area contributed by atoms with Gasteiger partial charge in [-0.25, -0.2) is 0 Å². The van der Waals surface area contributed by atoms with Gasteiger partial charge in [-0.05, 0) is 107 Å². The molecule has 2 aromatic rings. The van der Waals surface area contributed by atoms with Gasteiger partial charge in [-0.15, -0.1) is 0 Å². The number of benzene rings is 2. The summed E-state index contributed by atoms with van der Waals surface area (Å²) in [6.45, 7) is 6.09. The quantitative estimate of drug-likeness (QED) is 0.0743. The van der Waals surface area contributed by atoms with E-state index in [1.165, 1.54) is 0 Å². The van der Waals surface area contributed by atoms with Gasteiger partial charge < -0.3 is 15.4 Å². The summed E-state index contributed by atoms with van der Waals surface area (Å²) in [4.78, 5) is 37.5. The van der Waals surface area contributed by atoms with E-state index in [1.54, 1.807) is 62.4 Å². The summed E-state index contributed by atoms with van der Waals surface area (Å²) in [5, 5.41) is 6.20. The monoisotopic (exact) mass is 670 g/mol. The molecule has 0 saturated heterocycles. The molecule has 2 N–H and O–H groups in total. The fourth-order valence-electron chi connectivity index (χ4n) is 4.32. The van der Waals surface area contributed by atoms with Crippen LogP contribution in [-0.2, 0) is 9.59 Å². The first-order chi connectivity index (χ1) is 23.2. The fourth-order valence-corrected chi connectivity index (χ4v) is 4.44. The van der Waals surface area contributed by atoms with E-state index in [9.17, 15) is 14.4 Å². The van der Waals surface area contributed by atoms with Crippen LogP contribution in [0.4, 0.5) is 0 Å². The second-order valence-corrected chi connectivity index (χ2v) is 12.0. The highest BCUT2D eigenvalue weighted by Crippen LogP contribution is 2.21. The van der Waals surface area contributed by atoms with E-state index in [-0.39, 0.29) is 24.1 Å². The van der Waals surface area contributed by atoms with Gasteiger partial charge in [0.25, 0.3) is 5.91 Å². The standard InChI is InChI=1S/C41H51ClN2O4/c1-4-5-6-7-8-9-10-11-12-13-14-15-16-17-18-19-20-21-22-23-38(45)43-32-33-44-40(47)41(2,3)48-37-30-26-35(27-31-37)39(46)34-24-28-36(42)29-25-34/h5-6,8-9,11-12,14-15,17-18,20-21,24-31H,4,7,10,13,16,19,22-23,32-33H2,1-3H3,(H,43,45)(H,44,47)/b6-5-,9-8-,12-11-,15-14-,18-17-,21-20-. The van der Waals surface area contributed by atoms with Gasteiger partial charge in [-0.2, -0.15) is 0 Å². The van der Waals surface area contributed by atoms with Crippen molar-refractivity contribution in [2.24, 2.45) is 0 Å². The summed E-state index contributed by atoms with van der Waals surface area (Å²) in [6, 6.07) is 13.4. The number of halogens is 1. The van der Waals surface area contributed by atoms with E-state index < -0.39 is 5.60 Å². The van der Waals surface area contributed by atoms with Gasteiger partial charge >= 0.3 is 0 Å². The Hall–Kier alpha value is -4.42. The number of amides is 2. The molecule has 2 aromatic carbocycles. The second kappa shape index (κ2) is 23.8. The van der Waals surface area contributed by atoms with Crippen molar-refractivity contribution in [3.63, 3.8) is 0 Å². The smallest absolute Gasteiger partial charge is 0.263 e. The lowest BCUT2D eigenvalue weighted by Gasteiger charge is -2.25. The Balaban J connectivity index is 1.54. The lowest BCUT2D eigenvalue weighted by molar-refractivity contribution is -0.134. The van der Waals surface area contributed by atoms with Crippen molar-refractivity contribution in [3.05, 3.63) is 138 Å². The molecule has 0 aliphatic heterocycles. The summed E-state index contributed by atoms with van der Waals surface area (Å²) in [7, 11) is 0. The van der Waals surface area contributed by atoms with Crippen LogP contribution in [0.1, 0.15) is 88.1 Å². The number of ketones is 1. The number of nitrogens with one attached hydrogen (secondary N) is 2. The van der Waals surface area contributed by atoms with Crippen LogP contribution in [0.25, 0.3) is 0 Å². The van der Waals surface area contributed by atoms with E-state index in [0.29, 0.717) is 41.3 Å². The van der Waals surface area contributed by atoms with Crippen LogP contribution < -0.4 is 15.4 Å². The van der Waals surface area contributed by atoms with Crippen molar-refractivity contribution in [2.45, 2.75) is 77.7 Å². The molecule has 7 heteroatoms. The topological polar surface area (TPSA) is 84.5 Å². The molecule has 0 fully saturated rings. The number of rotatable bonds is 22. The highest BCUT2D eigenvalue weighted by molar-refractivity contribution is 6.30. The first-order valence-corrected chi connectivity index (χ1v) is 17.1. The number of ether oxygens (including phenoxy) is 1. The Labute approximate surface area is 292 Å². The molecule has 256 valence electrons. The van der Waals surface area contributed by atoms with E-state index in [1.807, 2.05) is 6.08 Å². The number of allylic oxidation sites excluding steroid dienone is 12. The largest absolute Gasteiger partial charge is 0.478 e. The maximum Gasteiger partial charge on any atom is 0.263 e.